The van der Waals surface area contributed by atoms with Crippen LogP contribution in [0.3, 0.4) is 0 Å². The van der Waals surface area contributed by atoms with Crippen molar-refractivity contribution in [2.75, 3.05) is 36.9 Å². The Balaban J connectivity index is 1.45. The van der Waals surface area contributed by atoms with E-state index in [-0.39, 0.29) is 43.3 Å². The number of anilines is 2. The number of hydrogen-bond acceptors (Lipinski definition) is 4. The maximum absolute atomic E-state index is 12.0. The molecular weight excluding hydrogens is 336 g/mol. The van der Waals surface area contributed by atoms with E-state index in [0.29, 0.717) is 18.5 Å². The predicted molar refractivity (Wildman–Crippen MR) is 95.6 cm³/mol. The first-order valence-electron chi connectivity index (χ1n) is 8.71. The summed E-state index contributed by atoms with van der Waals surface area (Å²) in [4.78, 5) is 51.4. The average molecular weight is 358 g/mol. The summed E-state index contributed by atoms with van der Waals surface area (Å²) < 4.78 is 0. The van der Waals surface area contributed by atoms with Crippen LogP contribution in [0.15, 0.2) is 24.3 Å². The molecule has 0 atom stereocenters. The molecule has 1 N–H and O–H groups in total. The normalized spacial score (nSPS) is 17.4. The van der Waals surface area contributed by atoms with Crippen LogP contribution in [0.5, 0.6) is 0 Å². The second kappa shape index (κ2) is 7.55. The Kier molecular flexibility index (Phi) is 5.20. The molecule has 5 amide bonds. The second-order valence-corrected chi connectivity index (χ2v) is 6.53. The van der Waals surface area contributed by atoms with Crippen LogP contribution in [0.4, 0.5) is 16.2 Å². The number of nitrogens with one attached hydrogen (secondary N) is 1. The maximum Gasteiger partial charge on any atom is 0.326 e. The first-order chi connectivity index (χ1) is 12.5. The number of likely N-dealkylation sites (N-methyl/N-ethyl adjacent to an activating group) is 1. The molecule has 0 bridgehead atoms. The summed E-state index contributed by atoms with van der Waals surface area (Å²) in [5, 5.41) is 2.79. The van der Waals surface area contributed by atoms with E-state index in [1.807, 2.05) is 12.1 Å². The Bertz CT molecular complexity index is 731. The minimum absolute atomic E-state index is 0.0941. The van der Waals surface area contributed by atoms with Crippen LogP contribution in [0.2, 0.25) is 0 Å². The lowest BCUT2D eigenvalue weighted by atomic mass is 10.2. The fourth-order valence-electron chi connectivity index (χ4n) is 3.16. The lowest BCUT2D eigenvalue weighted by Crippen LogP contribution is -2.32. The lowest BCUT2D eigenvalue weighted by Gasteiger charge is -2.16. The van der Waals surface area contributed by atoms with Gasteiger partial charge in [-0.05, 0) is 37.1 Å². The molecule has 138 valence electrons. The summed E-state index contributed by atoms with van der Waals surface area (Å²) in [6.45, 7) is 1.07. The Morgan fingerprint density at radius 1 is 1.12 bits per heavy atom. The van der Waals surface area contributed by atoms with Crippen LogP contribution in [-0.2, 0) is 14.4 Å². The lowest BCUT2D eigenvalue weighted by molar-refractivity contribution is -0.125. The number of benzene rings is 1. The standard InChI is InChI=1S/C18H22N4O4/c1-20-12-17(25)22(18(20)26)11-2-4-15(23)19-13-6-8-14(9-7-13)21-10-3-5-16(21)24/h6-9H,2-5,10-12H2,1H3,(H,19,23). The van der Waals surface area contributed by atoms with Crippen LogP contribution < -0.4 is 10.2 Å². The fourth-order valence-corrected chi connectivity index (χ4v) is 3.16. The molecule has 2 aliphatic heterocycles. The van der Waals surface area contributed by atoms with Crippen molar-refractivity contribution >= 4 is 35.1 Å². The van der Waals surface area contributed by atoms with E-state index in [1.54, 1.807) is 24.1 Å². The van der Waals surface area contributed by atoms with E-state index >= 15 is 0 Å². The van der Waals surface area contributed by atoms with Crippen molar-refractivity contribution in [2.45, 2.75) is 25.7 Å². The van der Waals surface area contributed by atoms with Crippen LogP contribution in [0.25, 0.3) is 0 Å². The summed E-state index contributed by atoms with van der Waals surface area (Å²) in [5.74, 6) is -0.286. The molecule has 1 aromatic carbocycles. The molecule has 0 radical (unpaired) electrons. The van der Waals surface area contributed by atoms with Gasteiger partial charge >= 0.3 is 6.03 Å². The Morgan fingerprint density at radius 3 is 2.42 bits per heavy atom. The highest BCUT2D eigenvalue weighted by Crippen LogP contribution is 2.23. The minimum atomic E-state index is -0.317. The van der Waals surface area contributed by atoms with E-state index in [2.05, 4.69) is 5.32 Å². The number of carbonyl (C=O) groups is 4. The van der Waals surface area contributed by atoms with Crippen molar-refractivity contribution in [1.82, 2.24) is 9.80 Å². The Hall–Kier alpha value is -2.90. The van der Waals surface area contributed by atoms with Crippen LogP contribution in [0, 0.1) is 0 Å². The molecule has 3 rings (SSSR count). The van der Waals surface area contributed by atoms with Crippen molar-refractivity contribution < 1.29 is 19.2 Å². The van der Waals surface area contributed by atoms with Gasteiger partial charge in [0, 0.05) is 44.4 Å². The van der Waals surface area contributed by atoms with Gasteiger partial charge < -0.3 is 15.1 Å². The van der Waals surface area contributed by atoms with Crippen LogP contribution in [0.1, 0.15) is 25.7 Å². The molecule has 0 spiro atoms. The summed E-state index contributed by atoms with van der Waals surface area (Å²) in [6.07, 6.45) is 2.08. The summed E-state index contributed by atoms with van der Waals surface area (Å²) in [7, 11) is 1.58. The monoisotopic (exact) mass is 358 g/mol. The minimum Gasteiger partial charge on any atom is -0.326 e. The van der Waals surface area contributed by atoms with Crippen LogP contribution in [-0.4, -0.2) is 60.2 Å². The smallest absolute Gasteiger partial charge is 0.326 e. The van der Waals surface area contributed by atoms with Gasteiger partial charge in [-0.25, -0.2) is 4.79 Å². The third-order valence-electron chi connectivity index (χ3n) is 4.55. The second-order valence-electron chi connectivity index (χ2n) is 6.53. The van der Waals surface area contributed by atoms with E-state index in [9.17, 15) is 19.2 Å². The third kappa shape index (κ3) is 3.84. The molecule has 2 fully saturated rings. The molecule has 2 heterocycles. The molecule has 1 aromatic rings. The van der Waals surface area contributed by atoms with Crippen molar-refractivity contribution in [3.05, 3.63) is 24.3 Å². The third-order valence-corrected chi connectivity index (χ3v) is 4.55. The van der Waals surface area contributed by atoms with E-state index in [4.69, 9.17) is 0 Å². The zero-order chi connectivity index (χ0) is 18.7. The predicted octanol–water partition coefficient (Wildman–Crippen LogP) is 1.43. The van der Waals surface area contributed by atoms with Crippen molar-refractivity contribution in [1.29, 1.82) is 0 Å². The van der Waals surface area contributed by atoms with Gasteiger partial charge in [-0.3, -0.25) is 19.3 Å². The molecule has 26 heavy (non-hydrogen) atoms. The molecule has 0 saturated carbocycles. The van der Waals surface area contributed by atoms with Gasteiger partial charge in [0.2, 0.25) is 17.7 Å². The summed E-state index contributed by atoms with van der Waals surface area (Å²) in [5.41, 5.74) is 1.49. The number of rotatable bonds is 6. The molecule has 2 saturated heterocycles. The van der Waals surface area contributed by atoms with Gasteiger partial charge in [-0.15, -0.1) is 0 Å². The first-order valence-corrected chi connectivity index (χ1v) is 8.71. The zero-order valence-corrected chi connectivity index (χ0v) is 14.7. The number of hydrogen-bond donors (Lipinski definition) is 1. The van der Waals surface area contributed by atoms with E-state index in [1.165, 1.54) is 9.80 Å². The van der Waals surface area contributed by atoms with Crippen LogP contribution >= 0.6 is 0 Å². The van der Waals surface area contributed by atoms with Gasteiger partial charge in [-0.2, -0.15) is 0 Å². The number of nitrogens with zero attached hydrogens (tertiary/aromatic N) is 3. The largest absolute Gasteiger partial charge is 0.326 e. The van der Waals surface area contributed by atoms with Gasteiger partial charge in [0.05, 0.1) is 0 Å². The molecule has 2 aliphatic rings. The topological polar surface area (TPSA) is 90.0 Å². The average Bonchev–Trinajstić information content (AvgIpc) is 3.13. The molecule has 8 heteroatoms. The number of imide groups is 1. The number of carbonyl (C=O) groups excluding carboxylic acids is 4. The summed E-state index contributed by atoms with van der Waals surface area (Å²) in [6, 6.07) is 6.84. The highest BCUT2D eigenvalue weighted by Gasteiger charge is 2.32. The van der Waals surface area contributed by atoms with Gasteiger partial charge in [0.15, 0.2) is 0 Å². The van der Waals surface area contributed by atoms with Gasteiger partial charge in [0.25, 0.3) is 0 Å². The number of amides is 5. The zero-order valence-electron chi connectivity index (χ0n) is 14.7. The van der Waals surface area contributed by atoms with Gasteiger partial charge in [0.1, 0.15) is 6.54 Å². The molecule has 0 unspecified atom stereocenters. The Morgan fingerprint density at radius 2 is 1.85 bits per heavy atom. The number of urea groups is 1. The van der Waals surface area contributed by atoms with Gasteiger partial charge in [-0.1, -0.05) is 0 Å². The van der Waals surface area contributed by atoms with E-state index in [0.717, 1.165) is 18.7 Å². The quantitative estimate of drug-likeness (QED) is 0.779. The first kappa shape index (κ1) is 17.9. The summed E-state index contributed by atoms with van der Waals surface area (Å²) >= 11 is 0. The SMILES string of the molecule is CN1CC(=O)N(CCCC(=O)Nc2ccc(N3CCCC3=O)cc2)C1=O. The highest BCUT2D eigenvalue weighted by atomic mass is 16.2. The van der Waals surface area contributed by atoms with E-state index < -0.39 is 0 Å². The Labute approximate surface area is 151 Å². The molecule has 8 nitrogen and oxygen atoms in total. The molecule has 0 aliphatic carbocycles. The molecule has 0 aromatic heterocycles. The fraction of sp³-hybridized carbons (Fsp3) is 0.444. The van der Waals surface area contributed by atoms with Crippen molar-refractivity contribution in [3.8, 4) is 0 Å². The van der Waals surface area contributed by atoms with Crippen molar-refractivity contribution in [3.63, 3.8) is 0 Å². The molecular formula is C18H22N4O4. The highest BCUT2D eigenvalue weighted by molar-refractivity contribution is 6.02. The van der Waals surface area contributed by atoms with Crippen molar-refractivity contribution in [2.24, 2.45) is 0 Å². The maximum atomic E-state index is 12.0.